The van der Waals surface area contributed by atoms with E-state index in [0.29, 0.717) is 21.2 Å². The molecule has 0 unspecified atom stereocenters. The molecule has 1 aliphatic rings. The highest BCUT2D eigenvalue weighted by Crippen LogP contribution is 2.29. The molecule has 164 valence electrons. The van der Waals surface area contributed by atoms with Crippen LogP contribution < -0.4 is 10.3 Å². The average Bonchev–Trinajstić information content (AvgIpc) is 2.73. The Kier molecular flexibility index (Phi) is 5.85. The third-order valence-corrected chi connectivity index (χ3v) is 6.88. The maximum atomic E-state index is 15.0. The standard InChI is InChI=1S/C23H25FN2O4S/c1-15-13-25-23(27)19-7-8-20(22(24)21(15)19)30-17-9-11-26(12-10-17)14-16-3-5-18(6-4-16)31(2,28)29/h3-8,13,17H,9-12,14H2,1-2H3,(H,25,27). The van der Waals surface area contributed by atoms with Crippen molar-refractivity contribution in [3.8, 4) is 5.75 Å². The number of halogens is 1. The number of pyridine rings is 1. The second kappa shape index (κ2) is 8.43. The van der Waals surface area contributed by atoms with Crippen LogP contribution in [-0.4, -0.2) is 43.8 Å². The van der Waals surface area contributed by atoms with Crippen LogP contribution in [-0.2, 0) is 16.4 Å². The molecule has 1 aliphatic heterocycles. The molecule has 8 heteroatoms. The molecular weight excluding hydrogens is 419 g/mol. The van der Waals surface area contributed by atoms with Crippen LogP contribution in [0.2, 0.25) is 0 Å². The van der Waals surface area contributed by atoms with Gasteiger partial charge in [-0.05, 0) is 55.2 Å². The molecule has 0 aliphatic carbocycles. The molecule has 1 saturated heterocycles. The molecule has 0 radical (unpaired) electrons. The Labute approximate surface area is 180 Å². The number of rotatable bonds is 5. The molecule has 2 heterocycles. The summed E-state index contributed by atoms with van der Waals surface area (Å²) in [6.07, 6.45) is 4.13. The van der Waals surface area contributed by atoms with Crippen LogP contribution in [0.1, 0.15) is 24.0 Å². The van der Waals surface area contributed by atoms with E-state index in [-0.39, 0.29) is 17.4 Å². The highest BCUT2D eigenvalue weighted by atomic mass is 32.2. The first-order valence-electron chi connectivity index (χ1n) is 10.2. The molecule has 0 amide bonds. The third-order valence-electron chi connectivity index (χ3n) is 5.75. The number of fused-ring (bicyclic) bond motifs is 1. The first-order chi connectivity index (χ1) is 14.7. The van der Waals surface area contributed by atoms with Gasteiger partial charge in [-0.2, -0.15) is 0 Å². The van der Waals surface area contributed by atoms with Crippen molar-refractivity contribution in [2.75, 3.05) is 19.3 Å². The van der Waals surface area contributed by atoms with Crippen molar-refractivity contribution >= 4 is 20.6 Å². The Balaban J connectivity index is 1.39. The molecule has 6 nitrogen and oxygen atoms in total. The second-order valence-electron chi connectivity index (χ2n) is 8.11. The maximum absolute atomic E-state index is 15.0. The Morgan fingerprint density at radius 3 is 2.45 bits per heavy atom. The topological polar surface area (TPSA) is 79.5 Å². The van der Waals surface area contributed by atoms with Crippen LogP contribution in [0.3, 0.4) is 0 Å². The van der Waals surface area contributed by atoms with Crippen molar-refractivity contribution in [1.29, 1.82) is 0 Å². The summed E-state index contributed by atoms with van der Waals surface area (Å²) in [4.78, 5) is 17.1. The normalized spacial score (nSPS) is 16.0. The highest BCUT2D eigenvalue weighted by molar-refractivity contribution is 7.90. The molecule has 0 atom stereocenters. The first-order valence-corrected chi connectivity index (χ1v) is 12.1. The van der Waals surface area contributed by atoms with E-state index in [2.05, 4.69) is 9.88 Å². The van der Waals surface area contributed by atoms with E-state index in [1.807, 2.05) is 12.1 Å². The minimum absolute atomic E-state index is 0.0990. The van der Waals surface area contributed by atoms with E-state index < -0.39 is 15.7 Å². The molecule has 3 aromatic rings. The fourth-order valence-electron chi connectivity index (χ4n) is 4.01. The van der Waals surface area contributed by atoms with Crippen LogP contribution in [0.5, 0.6) is 5.75 Å². The van der Waals surface area contributed by atoms with Gasteiger partial charge < -0.3 is 9.72 Å². The van der Waals surface area contributed by atoms with Crippen LogP contribution in [0, 0.1) is 12.7 Å². The maximum Gasteiger partial charge on any atom is 0.255 e. The molecule has 0 bridgehead atoms. The van der Waals surface area contributed by atoms with Gasteiger partial charge in [-0.1, -0.05) is 12.1 Å². The number of nitrogens with zero attached hydrogens (tertiary/aromatic N) is 1. The summed E-state index contributed by atoms with van der Waals surface area (Å²) in [5.74, 6) is -0.314. The van der Waals surface area contributed by atoms with Gasteiger partial charge in [-0.15, -0.1) is 0 Å². The quantitative estimate of drug-likeness (QED) is 0.652. The monoisotopic (exact) mass is 444 g/mol. The lowest BCUT2D eigenvalue weighted by atomic mass is 10.1. The Hall–Kier alpha value is -2.71. The second-order valence-corrected chi connectivity index (χ2v) is 10.1. The fraction of sp³-hybridized carbons (Fsp3) is 0.348. The number of piperidine rings is 1. The van der Waals surface area contributed by atoms with Gasteiger partial charge >= 0.3 is 0 Å². The number of nitrogens with one attached hydrogen (secondary N) is 1. The van der Waals surface area contributed by atoms with E-state index in [4.69, 9.17) is 4.74 Å². The van der Waals surface area contributed by atoms with Crippen molar-refractivity contribution in [3.63, 3.8) is 0 Å². The van der Waals surface area contributed by atoms with E-state index >= 15 is 4.39 Å². The fourth-order valence-corrected chi connectivity index (χ4v) is 4.64. The van der Waals surface area contributed by atoms with Gasteiger partial charge in [0.1, 0.15) is 6.10 Å². The number of aromatic amines is 1. The number of H-pyrrole nitrogens is 1. The molecule has 31 heavy (non-hydrogen) atoms. The van der Waals surface area contributed by atoms with Gasteiger partial charge in [0.15, 0.2) is 21.4 Å². The Morgan fingerprint density at radius 2 is 1.81 bits per heavy atom. The summed E-state index contributed by atoms with van der Waals surface area (Å²) in [5.41, 5.74) is 1.39. The van der Waals surface area contributed by atoms with Gasteiger partial charge in [0.25, 0.3) is 5.56 Å². The summed E-state index contributed by atoms with van der Waals surface area (Å²) in [5, 5.41) is 0.623. The number of sulfone groups is 1. The minimum atomic E-state index is -3.19. The van der Waals surface area contributed by atoms with Crippen molar-refractivity contribution in [1.82, 2.24) is 9.88 Å². The van der Waals surface area contributed by atoms with Gasteiger partial charge in [0.05, 0.1) is 10.3 Å². The molecule has 0 saturated carbocycles. The Morgan fingerprint density at radius 1 is 1.13 bits per heavy atom. The third kappa shape index (κ3) is 4.65. The summed E-state index contributed by atoms with van der Waals surface area (Å²) >= 11 is 0. The summed E-state index contributed by atoms with van der Waals surface area (Å²) in [6, 6.07) is 10.1. The van der Waals surface area contributed by atoms with Gasteiger partial charge in [0, 0.05) is 37.5 Å². The number of hydrogen-bond donors (Lipinski definition) is 1. The minimum Gasteiger partial charge on any atom is -0.487 e. The first kappa shape index (κ1) is 21.5. The van der Waals surface area contributed by atoms with Crippen molar-refractivity contribution < 1.29 is 17.5 Å². The number of benzene rings is 2. The lowest BCUT2D eigenvalue weighted by Gasteiger charge is -2.32. The summed E-state index contributed by atoms with van der Waals surface area (Å²) < 4.78 is 44.1. The number of aromatic nitrogens is 1. The largest absolute Gasteiger partial charge is 0.487 e. The van der Waals surface area contributed by atoms with E-state index in [0.717, 1.165) is 38.0 Å². The van der Waals surface area contributed by atoms with E-state index in [1.165, 1.54) is 18.5 Å². The molecule has 1 aromatic heterocycles. The van der Waals surface area contributed by atoms with Crippen molar-refractivity contribution in [3.05, 3.63) is 69.9 Å². The zero-order valence-electron chi connectivity index (χ0n) is 17.5. The average molecular weight is 445 g/mol. The number of aryl methyl sites for hydroxylation is 1. The summed E-state index contributed by atoms with van der Waals surface area (Å²) in [6.45, 7) is 4.08. The lowest BCUT2D eigenvalue weighted by Crippen LogP contribution is -2.37. The van der Waals surface area contributed by atoms with E-state index in [9.17, 15) is 13.2 Å². The van der Waals surface area contributed by atoms with Crippen LogP contribution in [0.15, 0.2) is 52.3 Å². The number of hydrogen-bond acceptors (Lipinski definition) is 5. The van der Waals surface area contributed by atoms with Gasteiger partial charge in [0.2, 0.25) is 0 Å². The zero-order valence-corrected chi connectivity index (χ0v) is 18.3. The predicted molar refractivity (Wildman–Crippen MR) is 118 cm³/mol. The Bertz CT molecular complexity index is 1260. The lowest BCUT2D eigenvalue weighted by molar-refractivity contribution is 0.0938. The molecule has 0 spiro atoms. The molecule has 2 aromatic carbocycles. The van der Waals surface area contributed by atoms with Crippen molar-refractivity contribution in [2.45, 2.75) is 37.3 Å². The van der Waals surface area contributed by atoms with Gasteiger partial charge in [-0.3, -0.25) is 9.69 Å². The molecule has 4 rings (SSSR count). The zero-order chi connectivity index (χ0) is 22.2. The van der Waals surface area contributed by atoms with Crippen LogP contribution in [0.25, 0.3) is 10.8 Å². The van der Waals surface area contributed by atoms with Crippen LogP contribution in [0.4, 0.5) is 4.39 Å². The number of ether oxygens (including phenoxy) is 1. The smallest absolute Gasteiger partial charge is 0.255 e. The van der Waals surface area contributed by atoms with Crippen molar-refractivity contribution in [2.24, 2.45) is 0 Å². The summed E-state index contributed by atoms with van der Waals surface area (Å²) in [7, 11) is -3.19. The van der Waals surface area contributed by atoms with E-state index in [1.54, 1.807) is 25.1 Å². The number of likely N-dealkylation sites (tertiary alicyclic amines) is 1. The van der Waals surface area contributed by atoms with Gasteiger partial charge in [-0.25, -0.2) is 12.8 Å². The molecule has 1 fully saturated rings. The SMILES string of the molecule is Cc1c[nH]c(=O)c2ccc(OC3CCN(Cc4ccc(S(C)(=O)=O)cc4)CC3)c(F)c12. The molecule has 1 N–H and O–H groups in total. The molecular formula is C23H25FN2O4S. The predicted octanol–water partition coefficient (Wildman–Crippen LogP) is 3.42. The van der Waals surface area contributed by atoms with Crippen LogP contribution >= 0.6 is 0 Å². The highest BCUT2D eigenvalue weighted by Gasteiger charge is 2.23.